The van der Waals surface area contributed by atoms with Crippen molar-refractivity contribution in [3.8, 4) is 5.75 Å². The molecular formula is C13H18F3N3O. The third-order valence-electron chi connectivity index (χ3n) is 3.36. The molecule has 0 saturated carbocycles. The predicted molar refractivity (Wildman–Crippen MR) is 72.1 cm³/mol. The molecule has 0 spiro atoms. The molecule has 0 unspecified atom stereocenters. The Hall–Kier alpha value is -1.63. The van der Waals surface area contributed by atoms with Gasteiger partial charge in [-0.15, -0.1) is 0 Å². The van der Waals surface area contributed by atoms with E-state index in [1.165, 1.54) is 12.0 Å². The molecule has 0 bridgehead atoms. The van der Waals surface area contributed by atoms with Gasteiger partial charge in [-0.25, -0.2) is 0 Å². The van der Waals surface area contributed by atoms with Crippen LogP contribution in [0, 0.1) is 0 Å². The van der Waals surface area contributed by atoms with Crippen molar-refractivity contribution < 1.29 is 17.9 Å². The standard InChI is InChI=1S/C13H18F3N3O/c1-20-12-8-10(2-3-11(12)17)19-6-4-18(5-7-19)9-13(14,15)16/h2-3,8H,4-7,9,17H2,1H3. The fourth-order valence-corrected chi connectivity index (χ4v) is 2.31. The number of benzene rings is 1. The monoisotopic (exact) mass is 289 g/mol. The van der Waals surface area contributed by atoms with Crippen LogP contribution in [0.4, 0.5) is 24.5 Å². The minimum absolute atomic E-state index is 0.395. The maximum atomic E-state index is 12.3. The van der Waals surface area contributed by atoms with E-state index in [0.717, 1.165) is 5.69 Å². The van der Waals surface area contributed by atoms with E-state index in [2.05, 4.69) is 0 Å². The number of rotatable bonds is 3. The number of piperazine rings is 1. The van der Waals surface area contributed by atoms with Crippen molar-refractivity contribution in [3.05, 3.63) is 18.2 Å². The summed E-state index contributed by atoms with van der Waals surface area (Å²) in [6.07, 6.45) is -4.13. The van der Waals surface area contributed by atoms with Crippen molar-refractivity contribution in [3.63, 3.8) is 0 Å². The number of halogens is 3. The molecule has 0 amide bonds. The molecule has 1 aromatic rings. The van der Waals surface area contributed by atoms with Gasteiger partial charge in [-0.3, -0.25) is 4.90 Å². The first-order valence-corrected chi connectivity index (χ1v) is 6.36. The second kappa shape index (κ2) is 5.78. The Bertz CT molecular complexity index is 457. The lowest BCUT2D eigenvalue weighted by atomic mass is 10.2. The molecule has 2 N–H and O–H groups in total. The zero-order chi connectivity index (χ0) is 14.8. The van der Waals surface area contributed by atoms with Crippen LogP contribution in [-0.4, -0.2) is 50.9 Å². The first-order chi connectivity index (χ1) is 9.39. The van der Waals surface area contributed by atoms with Gasteiger partial charge in [0.05, 0.1) is 19.3 Å². The molecule has 2 rings (SSSR count). The number of ether oxygens (including phenoxy) is 1. The van der Waals surface area contributed by atoms with Gasteiger partial charge in [0.15, 0.2) is 0 Å². The fourth-order valence-electron chi connectivity index (χ4n) is 2.31. The first kappa shape index (κ1) is 14.8. The number of hydrogen-bond acceptors (Lipinski definition) is 4. The van der Waals surface area contributed by atoms with Gasteiger partial charge in [-0.1, -0.05) is 0 Å². The Kier molecular flexibility index (Phi) is 4.27. The highest BCUT2D eigenvalue weighted by molar-refractivity contribution is 5.62. The van der Waals surface area contributed by atoms with E-state index in [4.69, 9.17) is 10.5 Å². The van der Waals surface area contributed by atoms with Crippen molar-refractivity contribution in [1.82, 2.24) is 4.90 Å². The van der Waals surface area contributed by atoms with Crippen molar-refractivity contribution in [1.29, 1.82) is 0 Å². The fraction of sp³-hybridized carbons (Fsp3) is 0.538. The molecule has 1 saturated heterocycles. The minimum Gasteiger partial charge on any atom is -0.495 e. The minimum atomic E-state index is -4.13. The third kappa shape index (κ3) is 3.69. The highest BCUT2D eigenvalue weighted by atomic mass is 19.4. The van der Waals surface area contributed by atoms with E-state index in [1.54, 1.807) is 6.07 Å². The largest absolute Gasteiger partial charge is 0.495 e. The maximum Gasteiger partial charge on any atom is 0.401 e. The molecule has 1 heterocycles. The van der Waals surface area contributed by atoms with Crippen LogP contribution in [0.5, 0.6) is 5.75 Å². The van der Waals surface area contributed by atoms with Crippen LogP contribution in [0.2, 0.25) is 0 Å². The Morgan fingerprint density at radius 2 is 1.85 bits per heavy atom. The summed E-state index contributed by atoms with van der Waals surface area (Å²) in [6.45, 7) is 1.07. The topological polar surface area (TPSA) is 41.7 Å². The Balaban J connectivity index is 1.97. The smallest absolute Gasteiger partial charge is 0.401 e. The van der Waals surface area contributed by atoms with Crippen LogP contribution in [-0.2, 0) is 0 Å². The summed E-state index contributed by atoms with van der Waals surface area (Å²) in [7, 11) is 1.54. The lowest BCUT2D eigenvalue weighted by Gasteiger charge is -2.36. The van der Waals surface area contributed by atoms with Gasteiger partial charge < -0.3 is 15.4 Å². The molecule has 20 heavy (non-hydrogen) atoms. The summed E-state index contributed by atoms with van der Waals surface area (Å²) in [5, 5.41) is 0. The van der Waals surface area contributed by atoms with Crippen LogP contribution in [0.25, 0.3) is 0 Å². The van der Waals surface area contributed by atoms with Crippen molar-refractivity contribution in [2.24, 2.45) is 0 Å². The second-order valence-electron chi connectivity index (χ2n) is 4.80. The Morgan fingerprint density at radius 3 is 2.40 bits per heavy atom. The summed E-state index contributed by atoms with van der Waals surface area (Å²) in [5.41, 5.74) is 7.21. The van der Waals surface area contributed by atoms with Gasteiger partial charge in [-0.05, 0) is 12.1 Å². The summed E-state index contributed by atoms with van der Waals surface area (Å²) in [6, 6.07) is 5.42. The molecule has 1 aliphatic rings. The molecular weight excluding hydrogens is 271 g/mol. The molecule has 7 heteroatoms. The van der Waals surface area contributed by atoms with Crippen molar-refractivity contribution >= 4 is 11.4 Å². The number of nitrogen functional groups attached to an aromatic ring is 1. The predicted octanol–water partition coefficient (Wildman–Crippen LogP) is 1.96. The van der Waals surface area contributed by atoms with E-state index in [1.807, 2.05) is 17.0 Å². The van der Waals surface area contributed by atoms with Crippen LogP contribution >= 0.6 is 0 Å². The normalized spacial score (nSPS) is 17.3. The number of anilines is 2. The van der Waals surface area contributed by atoms with Crippen LogP contribution in [0.1, 0.15) is 0 Å². The highest BCUT2D eigenvalue weighted by Crippen LogP contribution is 2.28. The second-order valence-corrected chi connectivity index (χ2v) is 4.80. The maximum absolute atomic E-state index is 12.3. The summed E-state index contributed by atoms with van der Waals surface area (Å²) in [5.74, 6) is 0.584. The lowest BCUT2D eigenvalue weighted by Crippen LogP contribution is -2.49. The molecule has 1 aromatic carbocycles. The van der Waals surface area contributed by atoms with E-state index in [9.17, 15) is 13.2 Å². The van der Waals surface area contributed by atoms with E-state index in [-0.39, 0.29) is 0 Å². The van der Waals surface area contributed by atoms with E-state index >= 15 is 0 Å². The number of nitrogens with two attached hydrogens (primary N) is 1. The van der Waals surface area contributed by atoms with E-state index < -0.39 is 12.7 Å². The van der Waals surface area contributed by atoms with Crippen LogP contribution in [0.15, 0.2) is 18.2 Å². The molecule has 1 fully saturated rings. The summed E-state index contributed by atoms with van der Waals surface area (Å²) >= 11 is 0. The number of methoxy groups -OCH3 is 1. The first-order valence-electron chi connectivity index (χ1n) is 6.36. The molecule has 0 atom stereocenters. The van der Waals surface area contributed by atoms with Crippen molar-refractivity contribution in [2.45, 2.75) is 6.18 Å². The Morgan fingerprint density at radius 1 is 1.20 bits per heavy atom. The molecule has 4 nitrogen and oxygen atoms in total. The van der Waals surface area contributed by atoms with Gasteiger partial charge in [0.2, 0.25) is 0 Å². The zero-order valence-corrected chi connectivity index (χ0v) is 11.3. The van der Waals surface area contributed by atoms with Gasteiger partial charge in [0, 0.05) is 37.9 Å². The Labute approximate surface area is 115 Å². The average molecular weight is 289 g/mol. The van der Waals surface area contributed by atoms with Gasteiger partial charge in [-0.2, -0.15) is 13.2 Å². The number of nitrogens with zero attached hydrogens (tertiary/aromatic N) is 2. The molecule has 1 aliphatic heterocycles. The molecule has 0 aliphatic carbocycles. The SMILES string of the molecule is COc1cc(N2CCN(CC(F)(F)F)CC2)ccc1N. The van der Waals surface area contributed by atoms with Crippen LogP contribution < -0.4 is 15.4 Å². The van der Waals surface area contributed by atoms with Crippen molar-refractivity contribution in [2.75, 3.05) is 50.5 Å². The third-order valence-corrected chi connectivity index (χ3v) is 3.36. The number of hydrogen-bond donors (Lipinski definition) is 1. The zero-order valence-electron chi connectivity index (χ0n) is 11.3. The molecule has 112 valence electrons. The van der Waals surface area contributed by atoms with Crippen LogP contribution in [0.3, 0.4) is 0 Å². The lowest BCUT2D eigenvalue weighted by molar-refractivity contribution is -0.146. The number of alkyl halides is 3. The van der Waals surface area contributed by atoms with E-state index in [0.29, 0.717) is 37.6 Å². The quantitative estimate of drug-likeness (QED) is 0.864. The summed E-state index contributed by atoms with van der Waals surface area (Å²) < 4.78 is 42.1. The van der Waals surface area contributed by atoms with Gasteiger partial charge in [0.1, 0.15) is 5.75 Å². The molecule has 0 radical (unpaired) electrons. The highest BCUT2D eigenvalue weighted by Gasteiger charge is 2.32. The van der Waals surface area contributed by atoms with Gasteiger partial charge >= 0.3 is 6.18 Å². The average Bonchev–Trinajstić information content (AvgIpc) is 2.38. The molecule has 0 aromatic heterocycles. The van der Waals surface area contributed by atoms with Gasteiger partial charge in [0.25, 0.3) is 0 Å². The summed E-state index contributed by atoms with van der Waals surface area (Å²) in [4.78, 5) is 3.46.